The summed E-state index contributed by atoms with van der Waals surface area (Å²) in [6.45, 7) is 0.236. The molecular formula is C13H18FNO4S. The molecule has 112 valence electrons. The van der Waals surface area contributed by atoms with Crippen LogP contribution in [0.5, 0.6) is 0 Å². The fourth-order valence-corrected chi connectivity index (χ4v) is 3.81. The van der Waals surface area contributed by atoms with Gasteiger partial charge >= 0.3 is 0 Å². The van der Waals surface area contributed by atoms with Gasteiger partial charge in [-0.3, -0.25) is 0 Å². The van der Waals surface area contributed by atoms with Crippen LogP contribution in [0.3, 0.4) is 0 Å². The van der Waals surface area contributed by atoms with E-state index in [1.807, 2.05) is 0 Å². The largest absolute Gasteiger partial charge is 0.392 e. The van der Waals surface area contributed by atoms with Crippen LogP contribution in [0.1, 0.15) is 18.4 Å². The molecule has 5 nitrogen and oxygen atoms in total. The molecule has 0 aliphatic carbocycles. The van der Waals surface area contributed by atoms with Crippen LogP contribution in [0, 0.1) is 5.82 Å². The molecule has 0 atom stereocenters. The van der Waals surface area contributed by atoms with Crippen LogP contribution >= 0.6 is 0 Å². The average Bonchev–Trinajstić information content (AvgIpc) is 2.47. The molecule has 0 aromatic heterocycles. The smallest absolute Gasteiger partial charge is 0.243 e. The lowest BCUT2D eigenvalue weighted by molar-refractivity contribution is 0.0604. The molecule has 2 rings (SSSR count). The van der Waals surface area contributed by atoms with Crippen LogP contribution in [0.2, 0.25) is 0 Å². The Kier molecular flexibility index (Phi) is 4.74. The molecule has 0 unspecified atom stereocenters. The highest BCUT2D eigenvalue weighted by Gasteiger charge is 2.29. The number of nitrogens with zero attached hydrogens (tertiary/aromatic N) is 1. The maximum atomic E-state index is 13.3. The van der Waals surface area contributed by atoms with Crippen molar-refractivity contribution in [2.45, 2.75) is 30.4 Å². The maximum Gasteiger partial charge on any atom is 0.243 e. The molecule has 1 aromatic rings. The summed E-state index contributed by atoms with van der Waals surface area (Å²) >= 11 is 0. The molecule has 1 aliphatic rings. The minimum Gasteiger partial charge on any atom is -0.392 e. The van der Waals surface area contributed by atoms with E-state index < -0.39 is 22.4 Å². The van der Waals surface area contributed by atoms with Gasteiger partial charge in [0, 0.05) is 25.8 Å². The molecular weight excluding hydrogens is 285 g/mol. The van der Waals surface area contributed by atoms with Gasteiger partial charge in [0.05, 0.1) is 17.6 Å². The Hall–Kier alpha value is -1.02. The van der Waals surface area contributed by atoms with Crippen molar-refractivity contribution < 1.29 is 22.7 Å². The fourth-order valence-electron chi connectivity index (χ4n) is 2.29. The normalized spacial score (nSPS) is 18.4. The van der Waals surface area contributed by atoms with Crippen molar-refractivity contribution >= 4 is 10.0 Å². The van der Waals surface area contributed by atoms with E-state index in [1.165, 1.54) is 16.4 Å². The predicted octanol–water partition coefficient (Wildman–Crippen LogP) is 1.12. The van der Waals surface area contributed by atoms with E-state index in [9.17, 15) is 12.8 Å². The van der Waals surface area contributed by atoms with Gasteiger partial charge in [-0.1, -0.05) is 0 Å². The lowest BCUT2D eigenvalue weighted by atomic mass is 10.1. The third-order valence-corrected chi connectivity index (χ3v) is 5.45. The van der Waals surface area contributed by atoms with Gasteiger partial charge in [0.15, 0.2) is 0 Å². The average molecular weight is 303 g/mol. The Balaban J connectivity index is 2.22. The molecule has 20 heavy (non-hydrogen) atoms. The highest BCUT2D eigenvalue weighted by atomic mass is 32.2. The number of aliphatic hydroxyl groups excluding tert-OH is 1. The second-order valence-corrected chi connectivity index (χ2v) is 6.69. The highest BCUT2D eigenvalue weighted by molar-refractivity contribution is 7.89. The van der Waals surface area contributed by atoms with Crippen molar-refractivity contribution in [3.05, 3.63) is 29.6 Å². The molecule has 0 amide bonds. The summed E-state index contributed by atoms with van der Waals surface area (Å²) in [7, 11) is -2.03. The zero-order chi connectivity index (χ0) is 14.8. The number of methoxy groups -OCH3 is 1. The van der Waals surface area contributed by atoms with Crippen molar-refractivity contribution in [2.75, 3.05) is 20.2 Å². The topological polar surface area (TPSA) is 66.8 Å². The van der Waals surface area contributed by atoms with E-state index in [0.717, 1.165) is 6.07 Å². The van der Waals surface area contributed by atoms with Gasteiger partial charge in [-0.05, 0) is 31.0 Å². The van der Waals surface area contributed by atoms with E-state index in [0.29, 0.717) is 25.9 Å². The van der Waals surface area contributed by atoms with Crippen molar-refractivity contribution in [1.82, 2.24) is 4.31 Å². The van der Waals surface area contributed by atoms with Gasteiger partial charge in [0.1, 0.15) is 5.82 Å². The summed E-state index contributed by atoms with van der Waals surface area (Å²) < 4.78 is 44.8. The molecule has 0 radical (unpaired) electrons. The van der Waals surface area contributed by atoms with E-state index in [4.69, 9.17) is 9.84 Å². The lowest BCUT2D eigenvalue weighted by Gasteiger charge is -2.30. The SMILES string of the molecule is COC1CCN(S(=O)(=O)c2ccc(F)c(CO)c2)CC1. The second-order valence-electron chi connectivity index (χ2n) is 4.75. The Morgan fingerprint density at radius 3 is 2.60 bits per heavy atom. The number of ether oxygens (including phenoxy) is 1. The molecule has 0 saturated carbocycles. The van der Waals surface area contributed by atoms with Crippen LogP contribution in [-0.2, 0) is 21.4 Å². The number of rotatable bonds is 4. The molecule has 1 aliphatic heterocycles. The quantitative estimate of drug-likeness (QED) is 0.905. The van der Waals surface area contributed by atoms with Crippen LogP contribution in [-0.4, -0.2) is 44.1 Å². The number of hydrogen-bond donors (Lipinski definition) is 1. The van der Waals surface area contributed by atoms with E-state index >= 15 is 0 Å². The summed E-state index contributed by atoms with van der Waals surface area (Å²) in [4.78, 5) is 0.0128. The Bertz CT molecular complexity index is 568. The summed E-state index contributed by atoms with van der Waals surface area (Å²) in [5.74, 6) is -0.607. The monoisotopic (exact) mass is 303 g/mol. The third-order valence-electron chi connectivity index (χ3n) is 3.56. The van der Waals surface area contributed by atoms with Crippen LogP contribution in [0.25, 0.3) is 0 Å². The van der Waals surface area contributed by atoms with Crippen molar-refractivity contribution in [2.24, 2.45) is 0 Å². The minimum absolute atomic E-state index is 0.0128. The van der Waals surface area contributed by atoms with Crippen molar-refractivity contribution in [1.29, 1.82) is 0 Å². The summed E-state index contributed by atoms with van der Waals surface area (Å²) in [6, 6.07) is 3.49. The molecule has 0 spiro atoms. The summed E-state index contributed by atoms with van der Waals surface area (Å²) in [5.41, 5.74) is -0.0159. The molecule has 1 aromatic carbocycles. The predicted molar refractivity (Wildman–Crippen MR) is 71.1 cm³/mol. The number of sulfonamides is 1. The van der Waals surface area contributed by atoms with Crippen LogP contribution in [0.15, 0.2) is 23.1 Å². The molecule has 0 bridgehead atoms. The molecule has 1 fully saturated rings. The number of halogens is 1. The maximum absolute atomic E-state index is 13.3. The first-order valence-electron chi connectivity index (χ1n) is 6.41. The van der Waals surface area contributed by atoms with Gasteiger partial charge in [0.2, 0.25) is 10.0 Å². The highest BCUT2D eigenvalue weighted by Crippen LogP contribution is 2.23. The molecule has 7 heteroatoms. The fraction of sp³-hybridized carbons (Fsp3) is 0.538. The second kappa shape index (κ2) is 6.17. The van der Waals surface area contributed by atoms with E-state index in [1.54, 1.807) is 7.11 Å². The van der Waals surface area contributed by atoms with E-state index in [-0.39, 0.29) is 16.6 Å². The first kappa shape index (κ1) is 15.4. The van der Waals surface area contributed by atoms with Crippen LogP contribution in [0.4, 0.5) is 4.39 Å². The lowest BCUT2D eigenvalue weighted by Crippen LogP contribution is -2.40. The van der Waals surface area contributed by atoms with Crippen molar-refractivity contribution in [3.8, 4) is 0 Å². The van der Waals surface area contributed by atoms with Crippen molar-refractivity contribution in [3.63, 3.8) is 0 Å². The summed E-state index contributed by atoms with van der Waals surface area (Å²) in [5, 5.41) is 9.02. The Morgan fingerprint density at radius 1 is 1.40 bits per heavy atom. The molecule has 1 saturated heterocycles. The summed E-state index contributed by atoms with van der Waals surface area (Å²) in [6.07, 6.45) is 1.37. The van der Waals surface area contributed by atoms with Gasteiger partial charge < -0.3 is 9.84 Å². The van der Waals surface area contributed by atoms with Gasteiger partial charge in [-0.2, -0.15) is 4.31 Å². The zero-order valence-corrected chi connectivity index (χ0v) is 12.1. The van der Waals surface area contributed by atoms with Gasteiger partial charge in [-0.15, -0.1) is 0 Å². The standard InChI is InChI=1S/C13H18FNO4S/c1-19-11-4-6-15(7-5-11)20(17,18)12-2-3-13(14)10(8-12)9-16/h2-3,8,11,16H,4-7,9H2,1H3. The zero-order valence-electron chi connectivity index (χ0n) is 11.3. The first-order valence-corrected chi connectivity index (χ1v) is 7.85. The van der Waals surface area contributed by atoms with Crippen LogP contribution < -0.4 is 0 Å². The molecule has 1 heterocycles. The molecule has 1 N–H and O–H groups in total. The van der Waals surface area contributed by atoms with E-state index in [2.05, 4.69) is 0 Å². The third kappa shape index (κ3) is 3.01. The number of aliphatic hydroxyl groups is 1. The Morgan fingerprint density at radius 2 is 2.05 bits per heavy atom. The first-order chi connectivity index (χ1) is 9.48. The van der Waals surface area contributed by atoms with Gasteiger partial charge in [-0.25, -0.2) is 12.8 Å². The Labute approximate surface area is 118 Å². The number of piperidine rings is 1. The number of hydrogen-bond acceptors (Lipinski definition) is 4. The van der Waals surface area contributed by atoms with Gasteiger partial charge in [0.25, 0.3) is 0 Å². The number of benzene rings is 1. The minimum atomic E-state index is -3.64.